The molecule has 0 aliphatic carbocycles. The Morgan fingerprint density at radius 1 is 1.33 bits per heavy atom. The Morgan fingerprint density at radius 3 is 2.83 bits per heavy atom. The van der Waals surface area contributed by atoms with Crippen molar-refractivity contribution in [3.05, 3.63) is 64.0 Å². The molecule has 0 spiro atoms. The number of nitro groups is 1. The first-order valence-corrected chi connectivity index (χ1v) is 5.27. The van der Waals surface area contributed by atoms with Crippen LogP contribution in [0.15, 0.2) is 47.8 Å². The molecule has 0 bridgehead atoms. The van der Waals surface area contributed by atoms with E-state index in [4.69, 9.17) is 5.21 Å². The number of oxime groups is 1. The molecular weight excluding hydrogens is 234 g/mol. The highest BCUT2D eigenvalue weighted by Gasteiger charge is 2.13. The van der Waals surface area contributed by atoms with Gasteiger partial charge in [-0.2, -0.15) is 0 Å². The van der Waals surface area contributed by atoms with E-state index in [1.807, 2.05) is 0 Å². The quantitative estimate of drug-likeness (QED) is 0.388. The summed E-state index contributed by atoms with van der Waals surface area (Å²) >= 11 is 0. The highest BCUT2D eigenvalue weighted by atomic mass is 16.6. The van der Waals surface area contributed by atoms with E-state index in [0.29, 0.717) is 17.8 Å². The van der Waals surface area contributed by atoms with Crippen molar-refractivity contribution in [3.63, 3.8) is 0 Å². The Balaban J connectivity index is 2.34. The lowest BCUT2D eigenvalue weighted by Crippen LogP contribution is -2.05. The van der Waals surface area contributed by atoms with Gasteiger partial charge in [0, 0.05) is 17.8 Å². The van der Waals surface area contributed by atoms with Gasteiger partial charge in [-0.3, -0.25) is 10.1 Å². The largest absolute Gasteiger partial charge is 0.411 e. The molecule has 6 heteroatoms. The van der Waals surface area contributed by atoms with Crippen LogP contribution in [-0.2, 0) is 6.54 Å². The summed E-state index contributed by atoms with van der Waals surface area (Å²) in [5, 5.41) is 22.4. The van der Waals surface area contributed by atoms with Crippen molar-refractivity contribution in [1.29, 1.82) is 0 Å². The molecule has 0 atom stereocenters. The second-order valence-corrected chi connectivity index (χ2v) is 3.69. The maximum absolute atomic E-state index is 10.9. The number of hydrogen-bond donors (Lipinski definition) is 1. The van der Waals surface area contributed by atoms with Gasteiger partial charge in [0.25, 0.3) is 5.69 Å². The van der Waals surface area contributed by atoms with Crippen molar-refractivity contribution in [2.75, 3.05) is 0 Å². The van der Waals surface area contributed by atoms with Crippen molar-refractivity contribution < 1.29 is 10.1 Å². The summed E-state index contributed by atoms with van der Waals surface area (Å²) in [4.78, 5) is 10.5. The average molecular weight is 245 g/mol. The van der Waals surface area contributed by atoms with E-state index in [2.05, 4.69) is 5.16 Å². The summed E-state index contributed by atoms with van der Waals surface area (Å²) in [5.74, 6) is 0. The van der Waals surface area contributed by atoms with E-state index in [0.717, 1.165) is 0 Å². The number of para-hydroxylation sites is 1. The number of rotatable bonds is 4. The highest BCUT2D eigenvalue weighted by Crippen LogP contribution is 2.19. The van der Waals surface area contributed by atoms with Crippen LogP contribution in [0.25, 0.3) is 0 Å². The van der Waals surface area contributed by atoms with E-state index < -0.39 is 4.92 Å². The molecule has 0 radical (unpaired) electrons. The fraction of sp³-hybridized carbons (Fsp3) is 0.0833. The minimum Gasteiger partial charge on any atom is -0.411 e. The first-order valence-electron chi connectivity index (χ1n) is 5.27. The van der Waals surface area contributed by atoms with Crippen molar-refractivity contribution in [2.45, 2.75) is 6.54 Å². The number of hydrogen-bond acceptors (Lipinski definition) is 4. The SMILES string of the molecule is O=[N+]([O-])c1ccccc1Cn1cccc1C=NO. The van der Waals surface area contributed by atoms with Crippen molar-refractivity contribution >= 4 is 11.9 Å². The molecular formula is C12H11N3O3. The number of nitro benzene ring substituents is 1. The topological polar surface area (TPSA) is 80.7 Å². The van der Waals surface area contributed by atoms with Crippen LogP contribution >= 0.6 is 0 Å². The first-order chi connectivity index (χ1) is 8.72. The monoisotopic (exact) mass is 245 g/mol. The van der Waals surface area contributed by atoms with Crippen LogP contribution in [0.1, 0.15) is 11.3 Å². The fourth-order valence-corrected chi connectivity index (χ4v) is 1.75. The zero-order valence-corrected chi connectivity index (χ0v) is 9.43. The molecule has 1 aromatic heterocycles. The predicted molar refractivity (Wildman–Crippen MR) is 66.0 cm³/mol. The molecule has 1 aromatic carbocycles. The zero-order valence-electron chi connectivity index (χ0n) is 9.43. The molecule has 0 saturated heterocycles. The summed E-state index contributed by atoms with van der Waals surface area (Å²) in [5.41, 5.74) is 1.36. The second-order valence-electron chi connectivity index (χ2n) is 3.69. The predicted octanol–water partition coefficient (Wildman–Crippen LogP) is 2.25. The van der Waals surface area contributed by atoms with Gasteiger partial charge in [-0.15, -0.1) is 0 Å². The highest BCUT2D eigenvalue weighted by molar-refractivity contribution is 5.77. The molecule has 2 aromatic rings. The summed E-state index contributed by atoms with van der Waals surface area (Å²) in [6.45, 7) is 0.353. The van der Waals surface area contributed by atoms with Crippen LogP contribution in [0.3, 0.4) is 0 Å². The van der Waals surface area contributed by atoms with Crippen LogP contribution in [0, 0.1) is 10.1 Å². The first kappa shape index (κ1) is 11.8. The van der Waals surface area contributed by atoms with Crippen LogP contribution in [0.4, 0.5) is 5.69 Å². The van der Waals surface area contributed by atoms with E-state index in [-0.39, 0.29) is 5.69 Å². The summed E-state index contributed by atoms with van der Waals surface area (Å²) in [6.07, 6.45) is 3.06. The molecule has 0 fully saturated rings. The maximum Gasteiger partial charge on any atom is 0.274 e. The molecule has 6 nitrogen and oxygen atoms in total. The number of benzene rings is 1. The van der Waals surface area contributed by atoms with Crippen LogP contribution in [0.2, 0.25) is 0 Å². The normalized spacial score (nSPS) is 10.9. The third-order valence-corrected chi connectivity index (χ3v) is 2.58. The van der Waals surface area contributed by atoms with E-state index in [1.165, 1.54) is 12.3 Å². The lowest BCUT2D eigenvalue weighted by molar-refractivity contribution is -0.385. The minimum atomic E-state index is -0.404. The molecule has 0 amide bonds. The standard InChI is InChI=1S/C12H11N3O3/c16-13-8-11-5-3-7-14(11)9-10-4-1-2-6-12(10)15(17)18/h1-8,16H,9H2. The Labute approximate surface area is 103 Å². The summed E-state index contributed by atoms with van der Waals surface area (Å²) < 4.78 is 1.77. The lowest BCUT2D eigenvalue weighted by atomic mass is 10.2. The third-order valence-electron chi connectivity index (χ3n) is 2.58. The van der Waals surface area contributed by atoms with Crippen LogP contribution in [0.5, 0.6) is 0 Å². The second kappa shape index (κ2) is 5.13. The molecule has 0 aliphatic rings. The van der Waals surface area contributed by atoms with Gasteiger partial charge in [0.05, 0.1) is 23.4 Å². The van der Waals surface area contributed by atoms with Crippen molar-refractivity contribution in [3.8, 4) is 0 Å². The van der Waals surface area contributed by atoms with Gasteiger partial charge in [0.15, 0.2) is 0 Å². The Bertz CT molecular complexity index is 590. The van der Waals surface area contributed by atoms with Gasteiger partial charge in [-0.05, 0) is 12.1 Å². The molecule has 92 valence electrons. The van der Waals surface area contributed by atoms with Crippen molar-refractivity contribution in [2.24, 2.45) is 5.16 Å². The van der Waals surface area contributed by atoms with Crippen LogP contribution < -0.4 is 0 Å². The van der Waals surface area contributed by atoms with E-state index in [9.17, 15) is 10.1 Å². The molecule has 2 rings (SSSR count). The molecule has 1 heterocycles. The lowest BCUT2D eigenvalue weighted by Gasteiger charge is -2.06. The smallest absolute Gasteiger partial charge is 0.274 e. The van der Waals surface area contributed by atoms with Crippen molar-refractivity contribution in [1.82, 2.24) is 4.57 Å². The molecule has 18 heavy (non-hydrogen) atoms. The van der Waals surface area contributed by atoms with E-state index >= 15 is 0 Å². The van der Waals surface area contributed by atoms with Crippen LogP contribution in [-0.4, -0.2) is 20.9 Å². The number of nitrogens with zero attached hydrogens (tertiary/aromatic N) is 3. The molecule has 0 aliphatic heterocycles. The number of aromatic nitrogens is 1. The Kier molecular flexibility index (Phi) is 3.38. The molecule has 1 N–H and O–H groups in total. The third kappa shape index (κ3) is 2.37. The van der Waals surface area contributed by atoms with E-state index in [1.54, 1.807) is 41.1 Å². The van der Waals surface area contributed by atoms with Gasteiger partial charge in [-0.1, -0.05) is 23.4 Å². The molecule has 0 saturated carbocycles. The molecule has 0 unspecified atom stereocenters. The Hall–Kier alpha value is -2.63. The van der Waals surface area contributed by atoms with Gasteiger partial charge >= 0.3 is 0 Å². The maximum atomic E-state index is 10.9. The summed E-state index contributed by atoms with van der Waals surface area (Å²) in [6, 6.07) is 10.1. The zero-order chi connectivity index (χ0) is 13.0. The van der Waals surface area contributed by atoms with Gasteiger partial charge in [0.1, 0.15) is 0 Å². The summed E-state index contributed by atoms with van der Waals surface area (Å²) in [7, 11) is 0. The van der Waals surface area contributed by atoms with Gasteiger partial charge in [-0.25, -0.2) is 0 Å². The fourth-order valence-electron chi connectivity index (χ4n) is 1.75. The Morgan fingerprint density at radius 2 is 2.11 bits per heavy atom. The average Bonchev–Trinajstić information content (AvgIpc) is 2.78. The van der Waals surface area contributed by atoms with Gasteiger partial charge in [0.2, 0.25) is 0 Å². The minimum absolute atomic E-state index is 0.0816. The van der Waals surface area contributed by atoms with Gasteiger partial charge < -0.3 is 9.77 Å².